The summed E-state index contributed by atoms with van der Waals surface area (Å²) in [6.45, 7) is 0.508. The maximum Gasteiger partial charge on any atom is 0.245 e. The van der Waals surface area contributed by atoms with Crippen molar-refractivity contribution in [3.8, 4) is 0 Å². The molecule has 0 saturated carbocycles. The Morgan fingerprint density at radius 3 is 2.76 bits per heavy atom. The lowest BCUT2D eigenvalue weighted by Gasteiger charge is -2.23. The van der Waals surface area contributed by atoms with Crippen molar-refractivity contribution in [1.82, 2.24) is 4.31 Å². The normalized spacial score (nSPS) is 20.0. The number of nitrogens with zero attached hydrogens (tertiary/aromatic N) is 1. The van der Waals surface area contributed by atoms with Crippen molar-refractivity contribution in [2.75, 3.05) is 6.54 Å². The Balaban J connectivity index is 2.03. The molecule has 0 bridgehead atoms. The zero-order valence-corrected chi connectivity index (χ0v) is 14.1. The van der Waals surface area contributed by atoms with E-state index in [9.17, 15) is 8.42 Å². The topological polar surface area (TPSA) is 37.4 Å². The van der Waals surface area contributed by atoms with Crippen LogP contribution in [-0.2, 0) is 10.0 Å². The smallest absolute Gasteiger partial charge is 0.207 e. The molecular formula is C14H13Cl2NO2S2. The first-order chi connectivity index (χ1) is 10.00. The molecule has 0 aliphatic carbocycles. The monoisotopic (exact) mass is 361 g/mol. The highest BCUT2D eigenvalue weighted by Crippen LogP contribution is 2.40. The van der Waals surface area contributed by atoms with Crippen LogP contribution >= 0.6 is 34.5 Å². The number of benzene rings is 1. The third-order valence-corrected chi connectivity index (χ3v) is 7.15. The molecule has 1 aromatic carbocycles. The van der Waals surface area contributed by atoms with E-state index in [1.807, 2.05) is 17.5 Å². The molecule has 0 unspecified atom stereocenters. The lowest BCUT2D eigenvalue weighted by molar-refractivity contribution is 0.401. The molecule has 7 heteroatoms. The summed E-state index contributed by atoms with van der Waals surface area (Å²) in [5, 5.41) is 2.53. The van der Waals surface area contributed by atoms with E-state index in [1.54, 1.807) is 17.4 Å². The van der Waals surface area contributed by atoms with Gasteiger partial charge in [0.15, 0.2) is 0 Å². The van der Waals surface area contributed by atoms with Crippen LogP contribution in [0.1, 0.15) is 23.8 Å². The Bertz CT molecular complexity index is 744. The van der Waals surface area contributed by atoms with Crippen LogP contribution < -0.4 is 0 Å². The molecule has 1 fully saturated rings. The molecule has 0 N–H and O–H groups in total. The zero-order chi connectivity index (χ0) is 15.0. The summed E-state index contributed by atoms with van der Waals surface area (Å²) < 4.78 is 27.3. The molecule has 1 saturated heterocycles. The summed E-state index contributed by atoms with van der Waals surface area (Å²) in [7, 11) is -3.64. The highest BCUT2D eigenvalue weighted by atomic mass is 35.5. The van der Waals surface area contributed by atoms with Crippen molar-refractivity contribution in [1.29, 1.82) is 0 Å². The molecule has 21 heavy (non-hydrogen) atoms. The molecule has 0 radical (unpaired) electrons. The summed E-state index contributed by atoms with van der Waals surface area (Å²) in [6.07, 6.45) is 1.68. The van der Waals surface area contributed by atoms with Gasteiger partial charge in [-0.3, -0.25) is 0 Å². The van der Waals surface area contributed by atoms with Crippen molar-refractivity contribution in [3.05, 3.63) is 50.6 Å². The van der Waals surface area contributed by atoms with Gasteiger partial charge in [0.1, 0.15) is 4.90 Å². The summed E-state index contributed by atoms with van der Waals surface area (Å²) in [5.74, 6) is 0. The van der Waals surface area contributed by atoms with Gasteiger partial charge in [-0.15, -0.1) is 11.3 Å². The predicted octanol–water partition coefficient (Wildman–Crippen LogP) is 4.58. The van der Waals surface area contributed by atoms with Crippen LogP contribution in [0.4, 0.5) is 0 Å². The average Bonchev–Trinajstić information content (AvgIpc) is 3.10. The molecule has 1 atom stereocenters. The van der Waals surface area contributed by atoms with Crippen LogP contribution in [-0.4, -0.2) is 19.3 Å². The molecule has 2 aromatic rings. The SMILES string of the molecule is O=S(=O)(c1cc(Cl)ccc1Cl)N1CCC[C@@H]1c1cccs1. The standard InChI is InChI=1S/C14H13Cl2NO2S2/c15-10-5-6-11(16)14(9-10)21(18,19)17-7-1-3-12(17)13-4-2-8-20-13/h2,4-6,8-9,12H,1,3,7H2/t12-/m1/s1. The van der Waals surface area contributed by atoms with Crippen molar-refractivity contribution in [2.45, 2.75) is 23.8 Å². The fraction of sp³-hybridized carbons (Fsp3) is 0.286. The molecule has 3 nitrogen and oxygen atoms in total. The summed E-state index contributed by atoms with van der Waals surface area (Å²) in [5.41, 5.74) is 0. The Morgan fingerprint density at radius 1 is 1.24 bits per heavy atom. The minimum absolute atomic E-state index is 0.0834. The van der Waals surface area contributed by atoms with Crippen molar-refractivity contribution in [2.24, 2.45) is 0 Å². The van der Waals surface area contributed by atoms with Gasteiger partial charge < -0.3 is 0 Å². The fourth-order valence-corrected chi connectivity index (χ4v) is 5.95. The number of thiophene rings is 1. The van der Waals surface area contributed by atoms with Crippen LogP contribution in [0.15, 0.2) is 40.6 Å². The third-order valence-electron chi connectivity index (χ3n) is 3.56. The second kappa shape index (κ2) is 5.89. The third kappa shape index (κ3) is 2.85. The van der Waals surface area contributed by atoms with Gasteiger partial charge in [-0.05, 0) is 42.5 Å². The number of sulfonamides is 1. The van der Waals surface area contributed by atoms with Gasteiger partial charge in [0.25, 0.3) is 0 Å². The van der Waals surface area contributed by atoms with Gasteiger partial charge in [0, 0.05) is 16.4 Å². The highest BCUT2D eigenvalue weighted by Gasteiger charge is 2.37. The molecule has 1 aliphatic rings. The van der Waals surface area contributed by atoms with E-state index >= 15 is 0 Å². The minimum atomic E-state index is -3.64. The number of halogens is 2. The lowest BCUT2D eigenvalue weighted by atomic mass is 10.2. The van der Waals surface area contributed by atoms with Gasteiger partial charge >= 0.3 is 0 Å². The van der Waals surface area contributed by atoms with E-state index in [1.165, 1.54) is 16.4 Å². The molecule has 1 aromatic heterocycles. The Hall–Kier alpha value is -0.590. The first-order valence-electron chi connectivity index (χ1n) is 6.50. The van der Waals surface area contributed by atoms with Crippen molar-refractivity contribution in [3.63, 3.8) is 0 Å². The van der Waals surface area contributed by atoms with Crippen LogP contribution in [0.25, 0.3) is 0 Å². The Morgan fingerprint density at radius 2 is 2.05 bits per heavy atom. The predicted molar refractivity (Wildman–Crippen MR) is 86.6 cm³/mol. The van der Waals surface area contributed by atoms with E-state index in [0.717, 1.165) is 17.7 Å². The number of hydrogen-bond donors (Lipinski definition) is 0. The maximum absolute atomic E-state index is 12.9. The molecule has 0 amide bonds. The van der Waals surface area contributed by atoms with E-state index < -0.39 is 10.0 Å². The fourth-order valence-electron chi connectivity index (χ4n) is 2.59. The van der Waals surface area contributed by atoms with Crippen molar-refractivity contribution >= 4 is 44.6 Å². The van der Waals surface area contributed by atoms with Crippen LogP contribution in [0.2, 0.25) is 10.0 Å². The van der Waals surface area contributed by atoms with E-state index in [0.29, 0.717) is 11.6 Å². The first kappa shape index (κ1) is 15.3. The highest BCUT2D eigenvalue weighted by molar-refractivity contribution is 7.89. The largest absolute Gasteiger partial charge is 0.245 e. The Labute approximate surface area is 138 Å². The average molecular weight is 362 g/mol. The number of hydrogen-bond acceptors (Lipinski definition) is 3. The van der Waals surface area contributed by atoms with Gasteiger partial charge in [0.2, 0.25) is 10.0 Å². The number of rotatable bonds is 3. The second-order valence-electron chi connectivity index (χ2n) is 4.86. The van der Waals surface area contributed by atoms with Crippen LogP contribution in [0, 0.1) is 0 Å². The van der Waals surface area contributed by atoms with E-state index in [-0.39, 0.29) is 16.0 Å². The van der Waals surface area contributed by atoms with Gasteiger partial charge in [-0.25, -0.2) is 8.42 Å². The van der Waals surface area contributed by atoms with E-state index in [2.05, 4.69) is 0 Å². The van der Waals surface area contributed by atoms with Gasteiger partial charge in [0.05, 0.1) is 11.1 Å². The molecule has 0 spiro atoms. The Kier molecular flexibility index (Phi) is 4.30. The summed E-state index contributed by atoms with van der Waals surface area (Å²) in [6, 6.07) is 8.34. The van der Waals surface area contributed by atoms with Gasteiger partial charge in [-0.2, -0.15) is 4.31 Å². The molecule has 112 valence electrons. The zero-order valence-electron chi connectivity index (χ0n) is 11.0. The maximum atomic E-state index is 12.9. The molecule has 2 heterocycles. The quantitative estimate of drug-likeness (QED) is 0.801. The first-order valence-corrected chi connectivity index (χ1v) is 9.58. The van der Waals surface area contributed by atoms with Crippen LogP contribution in [0.3, 0.4) is 0 Å². The lowest BCUT2D eigenvalue weighted by Crippen LogP contribution is -2.30. The molecular weight excluding hydrogens is 349 g/mol. The summed E-state index contributed by atoms with van der Waals surface area (Å²) in [4.78, 5) is 1.15. The second-order valence-corrected chi connectivity index (χ2v) is 8.55. The molecule has 1 aliphatic heterocycles. The van der Waals surface area contributed by atoms with Crippen LogP contribution in [0.5, 0.6) is 0 Å². The minimum Gasteiger partial charge on any atom is -0.207 e. The van der Waals surface area contributed by atoms with E-state index in [4.69, 9.17) is 23.2 Å². The van der Waals surface area contributed by atoms with Crippen molar-refractivity contribution < 1.29 is 8.42 Å². The summed E-state index contributed by atoms with van der Waals surface area (Å²) >= 11 is 13.6. The van der Waals surface area contributed by atoms with Gasteiger partial charge in [-0.1, -0.05) is 29.3 Å². The molecule has 3 rings (SSSR count).